The second-order valence-electron chi connectivity index (χ2n) is 12.7. The molecule has 3 amide bonds. The number of nitrogens with one attached hydrogen (secondary N) is 4. The number of H-pyrrole nitrogens is 1. The maximum absolute atomic E-state index is 13.7. The third-order valence-corrected chi connectivity index (χ3v) is 8.85. The summed E-state index contributed by atoms with van der Waals surface area (Å²) in [6.07, 6.45) is 4.83. The molecule has 1 aliphatic carbocycles. The van der Waals surface area contributed by atoms with Gasteiger partial charge in [-0.1, -0.05) is 30.3 Å². The fraction of sp³-hybridized carbons (Fsp3) is 0.361. The largest absolute Gasteiger partial charge is 0.478 e. The Hall–Kier alpha value is -5.03. The van der Waals surface area contributed by atoms with E-state index in [1.54, 1.807) is 12.1 Å². The smallest absolute Gasteiger partial charge is 0.336 e. The number of amides is 3. The number of aryl methyl sites for hydroxylation is 1. The summed E-state index contributed by atoms with van der Waals surface area (Å²) in [6, 6.07) is 15.5. The molecule has 0 radical (unpaired) electrons. The average molecular weight is 639 g/mol. The molecule has 0 bridgehead atoms. The standard InChI is InChI=1S/C36H42N6O5/c1-20(2)39-34(44)26-12-13-28(21(3)14-26)24-8-4-22(5-9-24)15-32(41-33(43)25-10-6-23(18-37)7-11-25)35(45)40-27-16-29(36(46)47)30-19-38-42-31(30)17-27/h4-5,8-9,12-14,16-17,19-20,23,25,32H,6-7,10-11,15,18,37H2,1-3H3,(H,38,42)(H,39,44)(H,40,45)(H,41,43)(H,46,47)/t23-,25-,32-/m0/s1. The number of carboxylic acids is 1. The minimum Gasteiger partial charge on any atom is -0.478 e. The van der Waals surface area contributed by atoms with E-state index in [1.165, 1.54) is 12.3 Å². The van der Waals surface area contributed by atoms with Gasteiger partial charge in [-0.2, -0.15) is 5.10 Å². The van der Waals surface area contributed by atoms with Gasteiger partial charge >= 0.3 is 5.97 Å². The molecular weight excluding hydrogens is 596 g/mol. The number of carbonyl (C=O) groups excluding carboxylic acids is 3. The molecule has 0 spiro atoms. The zero-order valence-corrected chi connectivity index (χ0v) is 26.9. The number of carboxylic acid groups (broad SMARTS) is 1. The lowest BCUT2D eigenvalue weighted by Gasteiger charge is -2.28. The normalized spacial score (nSPS) is 16.9. The molecule has 1 fully saturated rings. The highest BCUT2D eigenvalue weighted by Crippen LogP contribution is 2.29. The number of hydrogen-bond donors (Lipinski definition) is 6. The SMILES string of the molecule is Cc1cc(C(=O)NC(C)C)ccc1-c1ccc(C[C@H](NC(=O)[C@H]2CC[C@H](CN)CC2)C(=O)Nc2cc(C(=O)O)c3cn[nH]c3c2)cc1. The van der Waals surface area contributed by atoms with Crippen LogP contribution in [0.5, 0.6) is 0 Å². The quantitative estimate of drug-likeness (QED) is 0.136. The van der Waals surface area contributed by atoms with Crippen molar-refractivity contribution in [2.24, 2.45) is 17.6 Å². The Morgan fingerprint density at radius 1 is 0.979 bits per heavy atom. The van der Waals surface area contributed by atoms with Crippen LogP contribution in [0.25, 0.3) is 22.0 Å². The van der Waals surface area contributed by atoms with Gasteiger partial charge in [0.15, 0.2) is 0 Å². The third-order valence-electron chi connectivity index (χ3n) is 8.85. The summed E-state index contributed by atoms with van der Waals surface area (Å²) in [5.41, 5.74) is 10.9. The summed E-state index contributed by atoms with van der Waals surface area (Å²) >= 11 is 0. The van der Waals surface area contributed by atoms with Crippen LogP contribution in [0.1, 0.15) is 71.4 Å². The molecular formula is C36H42N6O5. The van der Waals surface area contributed by atoms with E-state index in [2.05, 4.69) is 26.1 Å². The van der Waals surface area contributed by atoms with Gasteiger partial charge in [-0.25, -0.2) is 4.79 Å². The molecule has 0 aliphatic heterocycles. The van der Waals surface area contributed by atoms with Gasteiger partial charge in [0.2, 0.25) is 11.8 Å². The number of benzene rings is 3. The first-order valence-electron chi connectivity index (χ1n) is 16.0. The van der Waals surface area contributed by atoms with Gasteiger partial charge in [0.1, 0.15) is 6.04 Å². The van der Waals surface area contributed by atoms with Gasteiger partial charge in [-0.05, 0) is 105 Å². The molecule has 47 heavy (non-hydrogen) atoms. The molecule has 5 rings (SSSR count). The maximum atomic E-state index is 13.7. The van der Waals surface area contributed by atoms with Crippen molar-refractivity contribution in [2.75, 3.05) is 11.9 Å². The zero-order chi connectivity index (χ0) is 33.7. The van der Waals surface area contributed by atoms with Crippen LogP contribution in [0.4, 0.5) is 5.69 Å². The molecule has 0 unspecified atom stereocenters. The van der Waals surface area contributed by atoms with Gasteiger partial charge in [0.05, 0.1) is 17.3 Å². The first-order chi connectivity index (χ1) is 22.5. The maximum Gasteiger partial charge on any atom is 0.336 e. The first-order valence-corrected chi connectivity index (χ1v) is 16.0. The van der Waals surface area contributed by atoms with Crippen molar-refractivity contribution < 1.29 is 24.3 Å². The van der Waals surface area contributed by atoms with E-state index in [-0.39, 0.29) is 41.4 Å². The molecule has 11 heteroatoms. The van der Waals surface area contributed by atoms with Crippen LogP contribution >= 0.6 is 0 Å². The van der Waals surface area contributed by atoms with Crippen molar-refractivity contribution >= 4 is 40.3 Å². The van der Waals surface area contributed by atoms with Crippen molar-refractivity contribution in [2.45, 2.75) is 65.0 Å². The van der Waals surface area contributed by atoms with E-state index in [0.717, 1.165) is 35.1 Å². The number of nitrogens with zero attached hydrogens (tertiary/aromatic N) is 1. The van der Waals surface area contributed by atoms with E-state index in [1.807, 2.05) is 57.2 Å². The second-order valence-corrected chi connectivity index (χ2v) is 12.7. The van der Waals surface area contributed by atoms with Crippen LogP contribution in [0.2, 0.25) is 0 Å². The fourth-order valence-corrected chi connectivity index (χ4v) is 6.22. The molecule has 246 valence electrons. The lowest BCUT2D eigenvalue weighted by molar-refractivity contribution is -0.130. The number of anilines is 1. The molecule has 4 aromatic rings. The van der Waals surface area contributed by atoms with Gasteiger partial charge in [0, 0.05) is 35.0 Å². The lowest BCUT2D eigenvalue weighted by Crippen LogP contribution is -2.48. The Bertz CT molecular complexity index is 1770. The fourth-order valence-electron chi connectivity index (χ4n) is 6.22. The van der Waals surface area contributed by atoms with Crippen LogP contribution in [-0.4, -0.2) is 57.6 Å². The highest BCUT2D eigenvalue weighted by molar-refractivity contribution is 6.06. The summed E-state index contributed by atoms with van der Waals surface area (Å²) in [4.78, 5) is 51.5. The van der Waals surface area contributed by atoms with Gasteiger partial charge in [-0.15, -0.1) is 0 Å². The second kappa shape index (κ2) is 14.6. The number of rotatable bonds is 11. The summed E-state index contributed by atoms with van der Waals surface area (Å²) < 4.78 is 0. The third kappa shape index (κ3) is 8.04. The lowest BCUT2D eigenvalue weighted by atomic mass is 9.81. The number of aromatic carboxylic acids is 1. The van der Waals surface area contributed by atoms with Gasteiger partial charge in [0.25, 0.3) is 5.91 Å². The summed E-state index contributed by atoms with van der Waals surface area (Å²) in [5.74, 6) is -1.69. The molecule has 1 saturated carbocycles. The minimum absolute atomic E-state index is 0.00302. The van der Waals surface area contributed by atoms with E-state index in [9.17, 15) is 24.3 Å². The Kier molecular flexibility index (Phi) is 10.4. The molecule has 3 aromatic carbocycles. The van der Waals surface area contributed by atoms with Crippen molar-refractivity contribution in [3.8, 4) is 11.1 Å². The van der Waals surface area contributed by atoms with E-state index in [4.69, 9.17) is 5.73 Å². The Labute approximate surface area is 273 Å². The summed E-state index contributed by atoms with van der Waals surface area (Å²) in [5, 5.41) is 25.6. The van der Waals surface area contributed by atoms with E-state index < -0.39 is 17.9 Å². The number of nitrogens with two attached hydrogens (primary N) is 1. The number of fused-ring (bicyclic) bond motifs is 1. The summed E-state index contributed by atoms with van der Waals surface area (Å²) in [6.45, 7) is 6.40. The predicted molar refractivity (Wildman–Crippen MR) is 181 cm³/mol. The number of hydrogen-bond acceptors (Lipinski definition) is 6. The van der Waals surface area contributed by atoms with Crippen molar-refractivity contribution in [3.63, 3.8) is 0 Å². The highest BCUT2D eigenvalue weighted by Gasteiger charge is 2.29. The van der Waals surface area contributed by atoms with E-state index >= 15 is 0 Å². The average Bonchev–Trinajstić information content (AvgIpc) is 3.52. The Morgan fingerprint density at radius 3 is 2.34 bits per heavy atom. The predicted octanol–water partition coefficient (Wildman–Crippen LogP) is 4.81. The zero-order valence-electron chi connectivity index (χ0n) is 26.9. The molecule has 0 saturated heterocycles. The van der Waals surface area contributed by atoms with Gasteiger partial charge in [-0.3, -0.25) is 19.5 Å². The molecule has 1 atom stereocenters. The van der Waals surface area contributed by atoms with Crippen molar-refractivity contribution in [3.05, 3.63) is 83.0 Å². The van der Waals surface area contributed by atoms with Crippen LogP contribution in [-0.2, 0) is 16.0 Å². The monoisotopic (exact) mass is 638 g/mol. The van der Waals surface area contributed by atoms with Crippen LogP contribution in [0, 0.1) is 18.8 Å². The first kappa shape index (κ1) is 33.3. The molecule has 1 heterocycles. The van der Waals surface area contributed by atoms with Crippen LogP contribution < -0.4 is 21.7 Å². The topological polar surface area (TPSA) is 179 Å². The molecule has 7 N–H and O–H groups in total. The number of aromatic nitrogens is 2. The van der Waals surface area contributed by atoms with Crippen molar-refractivity contribution in [1.82, 2.24) is 20.8 Å². The summed E-state index contributed by atoms with van der Waals surface area (Å²) in [7, 11) is 0. The van der Waals surface area contributed by atoms with E-state index in [0.29, 0.717) is 41.8 Å². The highest BCUT2D eigenvalue weighted by atomic mass is 16.4. The number of aromatic amines is 1. The van der Waals surface area contributed by atoms with Crippen LogP contribution in [0.15, 0.2) is 60.8 Å². The molecule has 1 aromatic heterocycles. The molecule has 11 nitrogen and oxygen atoms in total. The van der Waals surface area contributed by atoms with Gasteiger partial charge < -0.3 is 26.8 Å². The van der Waals surface area contributed by atoms with Crippen LogP contribution in [0.3, 0.4) is 0 Å². The Balaban J connectivity index is 1.35. The Morgan fingerprint density at radius 2 is 1.70 bits per heavy atom. The minimum atomic E-state index is -1.14. The number of carbonyl (C=O) groups is 4. The molecule has 1 aliphatic rings. The van der Waals surface area contributed by atoms with Crippen molar-refractivity contribution in [1.29, 1.82) is 0 Å².